The van der Waals surface area contributed by atoms with E-state index in [2.05, 4.69) is 22.1 Å². The lowest BCUT2D eigenvalue weighted by molar-refractivity contribution is 0.0996. The van der Waals surface area contributed by atoms with Gasteiger partial charge in [0, 0.05) is 32.2 Å². The van der Waals surface area contributed by atoms with Gasteiger partial charge in [-0.1, -0.05) is 13.0 Å². The molecule has 9 heteroatoms. The molecule has 0 saturated carbocycles. The molecule has 4 heterocycles. The first kappa shape index (κ1) is 20.0. The molecule has 3 aromatic rings. The highest BCUT2D eigenvalue weighted by atomic mass is 16.2. The molecule has 3 aromatic heterocycles. The zero-order chi connectivity index (χ0) is 21.4. The van der Waals surface area contributed by atoms with Gasteiger partial charge in [0.05, 0.1) is 17.8 Å². The van der Waals surface area contributed by atoms with E-state index >= 15 is 0 Å². The van der Waals surface area contributed by atoms with Crippen LogP contribution in [-0.4, -0.2) is 44.7 Å². The summed E-state index contributed by atoms with van der Waals surface area (Å²) in [7, 11) is 3.79. The first-order chi connectivity index (χ1) is 14.4. The minimum atomic E-state index is -0.279. The predicted octanol–water partition coefficient (Wildman–Crippen LogP) is 2.39. The Balaban J connectivity index is 1.73. The number of hydrogen-bond acceptors (Lipinski definition) is 7. The van der Waals surface area contributed by atoms with Crippen molar-refractivity contribution in [3.8, 4) is 11.5 Å². The summed E-state index contributed by atoms with van der Waals surface area (Å²) >= 11 is 0. The number of pyridine rings is 2. The quantitative estimate of drug-likeness (QED) is 0.670. The fraction of sp³-hybridized carbons (Fsp3) is 0.381. The van der Waals surface area contributed by atoms with Gasteiger partial charge in [0.2, 0.25) is 0 Å². The van der Waals surface area contributed by atoms with Crippen LogP contribution in [0.4, 0.5) is 11.6 Å². The Morgan fingerprint density at radius 1 is 1.27 bits per heavy atom. The van der Waals surface area contributed by atoms with Gasteiger partial charge in [-0.15, -0.1) is 10.2 Å². The summed E-state index contributed by atoms with van der Waals surface area (Å²) in [5, 5.41) is 8.23. The molecule has 0 unspecified atom stereocenters. The van der Waals surface area contributed by atoms with Crippen LogP contribution in [-0.2, 0) is 13.1 Å². The maximum absolute atomic E-state index is 13.3. The molecule has 9 nitrogen and oxygen atoms in total. The average molecular weight is 406 g/mol. The van der Waals surface area contributed by atoms with Crippen molar-refractivity contribution in [3.63, 3.8) is 0 Å². The second kappa shape index (κ2) is 7.83. The van der Waals surface area contributed by atoms with Crippen molar-refractivity contribution < 1.29 is 4.79 Å². The molecule has 1 aliphatic rings. The largest absolute Gasteiger partial charge is 0.363 e. The van der Waals surface area contributed by atoms with Gasteiger partial charge in [-0.3, -0.25) is 9.69 Å². The van der Waals surface area contributed by atoms with Gasteiger partial charge in [0.15, 0.2) is 5.82 Å². The third kappa shape index (κ3) is 3.41. The maximum Gasteiger partial charge on any atom is 0.260 e. The zero-order valence-corrected chi connectivity index (χ0v) is 17.7. The van der Waals surface area contributed by atoms with E-state index in [9.17, 15) is 4.79 Å². The molecular formula is C21H26N8O. The number of aromatic nitrogens is 5. The monoisotopic (exact) mass is 406 g/mol. The molecule has 1 aliphatic heterocycles. The maximum atomic E-state index is 13.3. The second-order valence-corrected chi connectivity index (χ2v) is 7.70. The molecule has 1 amide bonds. The van der Waals surface area contributed by atoms with Gasteiger partial charge in [0.25, 0.3) is 5.91 Å². The summed E-state index contributed by atoms with van der Waals surface area (Å²) in [5.41, 5.74) is 9.09. The summed E-state index contributed by atoms with van der Waals surface area (Å²) in [4.78, 5) is 26.2. The van der Waals surface area contributed by atoms with Crippen molar-refractivity contribution in [2.24, 2.45) is 5.73 Å². The topological polar surface area (TPSA) is 106 Å². The Kier molecular flexibility index (Phi) is 5.21. The van der Waals surface area contributed by atoms with Crippen molar-refractivity contribution in [1.82, 2.24) is 24.7 Å². The van der Waals surface area contributed by atoms with Crippen molar-refractivity contribution in [2.75, 3.05) is 23.9 Å². The summed E-state index contributed by atoms with van der Waals surface area (Å²) in [6, 6.07) is 7.14. The predicted molar refractivity (Wildman–Crippen MR) is 115 cm³/mol. The van der Waals surface area contributed by atoms with Gasteiger partial charge in [-0.25, -0.2) is 9.97 Å². The minimum Gasteiger partial charge on any atom is -0.363 e. The third-order valence-corrected chi connectivity index (χ3v) is 5.14. The number of hydrogen-bond donors (Lipinski definition) is 1. The van der Waals surface area contributed by atoms with Crippen LogP contribution in [0.5, 0.6) is 0 Å². The SMILES string of the molecule is CCCn1cnnc1-c1cccc(N2Cc3c(cc(N(C)C)nc3[C@H](C)N)C2=O)n1. The fourth-order valence-corrected chi connectivity index (χ4v) is 3.66. The van der Waals surface area contributed by atoms with Crippen LogP contribution in [0.15, 0.2) is 30.6 Å². The smallest absolute Gasteiger partial charge is 0.260 e. The van der Waals surface area contributed by atoms with Gasteiger partial charge < -0.3 is 15.2 Å². The number of nitrogens with two attached hydrogens (primary N) is 1. The normalized spacial score (nSPS) is 14.2. The van der Waals surface area contributed by atoms with Crippen LogP contribution in [0.1, 0.15) is 47.9 Å². The number of nitrogens with zero attached hydrogens (tertiary/aromatic N) is 7. The Labute approximate surface area is 175 Å². The zero-order valence-electron chi connectivity index (χ0n) is 17.7. The second-order valence-electron chi connectivity index (χ2n) is 7.70. The highest BCUT2D eigenvalue weighted by molar-refractivity contribution is 6.10. The van der Waals surface area contributed by atoms with E-state index in [4.69, 9.17) is 10.7 Å². The average Bonchev–Trinajstić information content (AvgIpc) is 3.32. The number of rotatable bonds is 6. The lowest BCUT2D eigenvalue weighted by Gasteiger charge is -2.17. The minimum absolute atomic E-state index is 0.0999. The molecule has 0 bridgehead atoms. The van der Waals surface area contributed by atoms with E-state index in [0.29, 0.717) is 35.3 Å². The number of aryl methyl sites for hydroxylation is 1. The summed E-state index contributed by atoms with van der Waals surface area (Å²) in [6.45, 7) is 5.18. The van der Waals surface area contributed by atoms with Gasteiger partial charge in [0.1, 0.15) is 23.7 Å². The number of carbonyl (C=O) groups excluding carboxylic acids is 1. The summed E-state index contributed by atoms with van der Waals surface area (Å²) < 4.78 is 1.97. The molecular weight excluding hydrogens is 380 g/mol. The van der Waals surface area contributed by atoms with Crippen molar-refractivity contribution >= 4 is 17.5 Å². The molecule has 2 N–H and O–H groups in total. The van der Waals surface area contributed by atoms with Gasteiger partial charge >= 0.3 is 0 Å². The van der Waals surface area contributed by atoms with Crippen LogP contribution in [0.25, 0.3) is 11.5 Å². The van der Waals surface area contributed by atoms with Crippen molar-refractivity contribution in [2.45, 2.75) is 39.4 Å². The fourth-order valence-electron chi connectivity index (χ4n) is 3.66. The van der Waals surface area contributed by atoms with Crippen LogP contribution in [0, 0.1) is 0 Å². The Hall–Kier alpha value is -3.33. The molecule has 30 heavy (non-hydrogen) atoms. The van der Waals surface area contributed by atoms with Gasteiger partial charge in [-0.05, 0) is 31.5 Å². The summed E-state index contributed by atoms with van der Waals surface area (Å²) in [6.07, 6.45) is 2.67. The van der Waals surface area contributed by atoms with Crippen LogP contribution >= 0.6 is 0 Å². The van der Waals surface area contributed by atoms with E-state index in [0.717, 1.165) is 24.2 Å². The molecule has 1 atom stereocenters. The lowest BCUT2D eigenvalue weighted by atomic mass is 10.0. The van der Waals surface area contributed by atoms with Crippen LogP contribution < -0.4 is 15.5 Å². The molecule has 0 radical (unpaired) electrons. The lowest BCUT2D eigenvalue weighted by Crippen LogP contribution is -2.24. The van der Waals surface area contributed by atoms with E-state index in [1.807, 2.05) is 54.8 Å². The highest BCUT2D eigenvalue weighted by Crippen LogP contribution is 2.33. The van der Waals surface area contributed by atoms with E-state index in [-0.39, 0.29) is 11.9 Å². The first-order valence-corrected chi connectivity index (χ1v) is 10.0. The molecule has 0 aliphatic carbocycles. The standard InChI is InChI=1S/C21H26N8O/c1-5-9-28-12-23-26-20(28)16-7-6-8-17(24-16)29-11-15-14(21(29)30)10-18(27(3)4)25-19(15)13(2)22/h6-8,10,12-13H,5,9,11,22H2,1-4H3/t13-/m0/s1. The number of amides is 1. The molecule has 0 aromatic carbocycles. The molecule has 4 rings (SSSR count). The first-order valence-electron chi connectivity index (χ1n) is 10.0. The number of carbonyl (C=O) groups is 1. The van der Waals surface area contributed by atoms with E-state index < -0.39 is 0 Å². The van der Waals surface area contributed by atoms with E-state index in [1.54, 1.807) is 11.2 Å². The van der Waals surface area contributed by atoms with Crippen LogP contribution in [0.3, 0.4) is 0 Å². The van der Waals surface area contributed by atoms with Crippen LogP contribution in [0.2, 0.25) is 0 Å². The molecule has 156 valence electrons. The number of fused-ring (bicyclic) bond motifs is 1. The Bertz CT molecular complexity index is 1090. The van der Waals surface area contributed by atoms with Crippen molar-refractivity contribution in [1.29, 1.82) is 0 Å². The van der Waals surface area contributed by atoms with Gasteiger partial charge in [-0.2, -0.15) is 0 Å². The Morgan fingerprint density at radius 3 is 2.77 bits per heavy atom. The Morgan fingerprint density at radius 2 is 2.07 bits per heavy atom. The number of anilines is 2. The summed E-state index contributed by atoms with van der Waals surface area (Å²) in [5.74, 6) is 1.88. The molecule has 0 fully saturated rings. The highest BCUT2D eigenvalue weighted by Gasteiger charge is 2.33. The van der Waals surface area contributed by atoms with Crippen molar-refractivity contribution in [3.05, 3.63) is 47.4 Å². The third-order valence-electron chi connectivity index (χ3n) is 5.14. The molecule has 0 saturated heterocycles. The van der Waals surface area contributed by atoms with E-state index in [1.165, 1.54) is 0 Å². The molecule has 0 spiro atoms.